The predicted octanol–water partition coefficient (Wildman–Crippen LogP) is 4.89. The number of hydrogen-bond acceptors (Lipinski definition) is 2. The number of benzene rings is 1. The van der Waals surface area contributed by atoms with Gasteiger partial charge in [0.1, 0.15) is 0 Å². The molecule has 0 aliphatic carbocycles. The largest absolute Gasteiger partial charge is 0.272 e. The van der Waals surface area contributed by atoms with Crippen molar-refractivity contribution < 1.29 is 8.78 Å². The van der Waals surface area contributed by atoms with E-state index in [4.69, 9.17) is 0 Å². The lowest BCUT2D eigenvalue weighted by molar-refractivity contribution is 0.156. The molecule has 1 heterocycles. The topological polar surface area (TPSA) is 0 Å². The molecule has 1 aromatic heterocycles. The second-order valence-corrected chi connectivity index (χ2v) is 5.24. The quantitative estimate of drug-likeness (QED) is 0.711. The number of thiol groups is 1. The molecule has 0 radical (unpaired) electrons. The molecular weight excluding hydrogens is 290 g/mol. The predicted molar refractivity (Wildman–Crippen MR) is 61.7 cm³/mol. The van der Waals surface area contributed by atoms with Crippen LogP contribution in [-0.2, 0) is 0 Å². The Morgan fingerprint density at radius 3 is 2.64 bits per heavy atom. The molecule has 0 aliphatic rings. The van der Waals surface area contributed by atoms with Gasteiger partial charge in [0.2, 0.25) is 0 Å². The van der Waals surface area contributed by atoms with Crippen LogP contribution < -0.4 is 0 Å². The van der Waals surface area contributed by atoms with E-state index in [0.717, 1.165) is 30.8 Å². The van der Waals surface area contributed by atoms with Crippen LogP contribution in [0.1, 0.15) is 11.3 Å². The summed E-state index contributed by atoms with van der Waals surface area (Å²) in [4.78, 5) is 0.867. The Morgan fingerprint density at radius 2 is 2.00 bits per heavy atom. The normalized spacial score (nSPS) is 11.5. The minimum absolute atomic E-state index is 0.103. The van der Waals surface area contributed by atoms with Crippen LogP contribution in [0.2, 0.25) is 0 Å². The zero-order valence-electron chi connectivity index (χ0n) is 6.80. The van der Waals surface area contributed by atoms with Crippen molar-refractivity contribution in [2.45, 2.75) is 11.3 Å². The summed E-state index contributed by atoms with van der Waals surface area (Å²) in [6, 6.07) is 5.11. The molecule has 0 amide bonds. The van der Waals surface area contributed by atoms with E-state index in [0.29, 0.717) is 0 Å². The van der Waals surface area contributed by atoms with E-state index in [-0.39, 0.29) is 4.88 Å². The lowest BCUT2D eigenvalue weighted by Crippen LogP contribution is -1.72. The third-order valence-electron chi connectivity index (χ3n) is 1.82. The summed E-state index contributed by atoms with van der Waals surface area (Å²) in [6.07, 6.45) is -2.39. The van der Waals surface area contributed by atoms with Crippen molar-refractivity contribution in [1.29, 1.82) is 0 Å². The zero-order chi connectivity index (χ0) is 10.3. The lowest BCUT2D eigenvalue weighted by atomic mass is 10.2. The molecule has 0 saturated carbocycles. The zero-order valence-corrected chi connectivity index (χ0v) is 10.1. The Bertz CT molecular complexity index is 440. The van der Waals surface area contributed by atoms with Gasteiger partial charge in [-0.15, -0.1) is 24.0 Å². The van der Waals surface area contributed by atoms with Gasteiger partial charge in [0.25, 0.3) is 6.43 Å². The highest BCUT2D eigenvalue weighted by Gasteiger charge is 2.12. The SMILES string of the molecule is FC(F)c1cc2cc(Br)c(S)cc2s1. The molecule has 0 nitrogen and oxygen atoms in total. The molecule has 2 aromatic rings. The fraction of sp³-hybridized carbons (Fsp3) is 0.111. The third kappa shape index (κ3) is 1.81. The number of halogens is 3. The molecule has 0 unspecified atom stereocenters. The number of fused-ring (bicyclic) bond motifs is 1. The fourth-order valence-electron chi connectivity index (χ4n) is 1.18. The Labute approximate surface area is 97.5 Å². The van der Waals surface area contributed by atoms with E-state index >= 15 is 0 Å². The third-order valence-corrected chi connectivity index (χ3v) is 4.26. The first-order valence-electron chi connectivity index (χ1n) is 3.78. The minimum atomic E-state index is -2.39. The van der Waals surface area contributed by atoms with Gasteiger partial charge in [-0.1, -0.05) is 0 Å². The molecule has 0 spiro atoms. The Hall–Kier alpha value is -0.130. The van der Waals surface area contributed by atoms with E-state index < -0.39 is 6.43 Å². The number of hydrogen-bond donors (Lipinski definition) is 1. The summed E-state index contributed by atoms with van der Waals surface area (Å²) >= 11 is 8.62. The van der Waals surface area contributed by atoms with Crippen molar-refractivity contribution in [3.05, 3.63) is 27.5 Å². The lowest BCUT2D eigenvalue weighted by Gasteiger charge is -1.95. The Balaban J connectivity index is 2.66. The van der Waals surface area contributed by atoms with E-state index in [1.807, 2.05) is 0 Å². The molecule has 1 aromatic carbocycles. The van der Waals surface area contributed by atoms with E-state index in [1.54, 1.807) is 12.1 Å². The van der Waals surface area contributed by atoms with Gasteiger partial charge in [0.05, 0.1) is 4.88 Å². The summed E-state index contributed by atoms with van der Waals surface area (Å²) in [7, 11) is 0. The summed E-state index contributed by atoms with van der Waals surface area (Å²) in [6.45, 7) is 0. The molecule has 0 aliphatic heterocycles. The van der Waals surface area contributed by atoms with Crippen LogP contribution in [0, 0.1) is 0 Å². The fourth-order valence-corrected chi connectivity index (χ4v) is 2.76. The highest BCUT2D eigenvalue weighted by atomic mass is 79.9. The van der Waals surface area contributed by atoms with Gasteiger partial charge in [0, 0.05) is 14.1 Å². The number of rotatable bonds is 1. The first kappa shape index (κ1) is 10.4. The van der Waals surface area contributed by atoms with Gasteiger partial charge in [-0.25, -0.2) is 8.78 Å². The highest BCUT2D eigenvalue weighted by Crippen LogP contribution is 2.36. The molecule has 0 fully saturated rings. The molecule has 0 saturated heterocycles. The van der Waals surface area contributed by atoms with Gasteiger partial charge in [-0.05, 0) is 39.5 Å². The van der Waals surface area contributed by atoms with Gasteiger partial charge < -0.3 is 0 Å². The molecule has 0 bridgehead atoms. The van der Waals surface area contributed by atoms with Crippen molar-refractivity contribution in [2.24, 2.45) is 0 Å². The molecule has 0 atom stereocenters. The molecule has 5 heteroatoms. The molecule has 74 valence electrons. The minimum Gasteiger partial charge on any atom is -0.204 e. The van der Waals surface area contributed by atoms with E-state index in [2.05, 4.69) is 28.6 Å². The second kappa shape index (κ2) is 3.79. The first-order chi connectivity index (χ1) is 6.58. The van der Waals surface area contributed by atoms with E-state index in [9.17, 15) is 8.78 Å². The average Bonchev–Trinajstić information content (AvgIpc) is 2.48. The van der Waals surface area contributed by atoms with Crippen LogP contribution >= 0.6 is 39.9 Å². The maximum atomic E-state index is 12.4. The smallest absolute Gasteiger partial charge is 0.204 e. The molecular formula is C9H5BrF2S2. The highest BCUT2D eigenvalue weighted by molar-refractivity contribution is 9.10. The van der Waals surface area contributed by atoms with Crippen LogP contribution in [0.4, 0.5) is 8.78 Å². The Morgan fingerprint density at radius 1 is 1.29 bits per heavy atom. The second-order valence-electron chi connectivity index (χ2n) is 2.79. The molecule has 2 rings (SSSR count). The maximum Gasteiger partial charge on any atom is 0.272 e. The van der Waals surface area contributed by atoms with Crippen LogP contribution in [0.5, 0.6) is 0 Å². The standard InChI is InChI=1S/C9H5BrF2S2/c10-5-1-4-2-8(9(11)12)14-7(4)3-6(5)13/h1-3,9,13H. The van der Waals surface area contributed by atoms with Crippen molar-refractivity contribution in [2.75, 3.05) is 0 Å². The van der Waals surface area contributed by atoms with E-state index in [1.165, 1.54) is 6.07 Å². The first-order valence-corrected chi connectivity index (χ1v) is 5.83. The van der Waals surface area contributed by atoms with Gasteiger partial charge >= 0.3 is 0 Å². The maximum absolute atomic E-state index is 12.4. The summed E-state index contributed by atoms with van der Waals surface area (Å²) in [5.74, 6) is 0. The van der Waals surface area contributed by atoms with Gasteiger partial charge in [-0.3, -0.25) is 0 Å². The van der Waals surface area contributed by atoms with Gasteiger partial charge in [-0.2, -0.15) is 0 Å². The van der Waals surface area contributed by atoms with Crippen molar-refractivity contribution in [3.63, 3.8) is 0 Å². The van der Waals surface area contributed by atoms with Crippen LogP contribution in [-0.4, -0.2) is 0 Å². The number of alkyl halides is 2. The molecule has 0 N–H and O–H groups in total. The van der Waals surface area contributed by atoms with Gasteiger partial charge in [0.15, 0.2) is 0 Å². The summed E-state index contributed by atoms with van der Waals surface area (Å²) in [5.41, 5.74) is 0. The average molecular weight is 295 g/mol. The van der Waals surface area contributed by atoms with Crippen molar-refractivity contribution in [1.82, 2.24) is 0 Å². The summed E-state index contributed by atoms with van der Waals surface area (Å²) < 4.78 is 26.4. The Kier molecular flexibility index (Phi) is 2.81. The van der Waals surface area contributed by atoms with Crippen LogP contribution in [0.15, 0.2) is 27.6 Å². The summed E-state index contributed by atoms with van der Waals surface area (Å²) in [5, 5.41) is 0.829. The van der Waals surface area contributed by atoms with Crippen LogP contribution in [0.25, 0.3) is 10.1 Å². The molecule has 14 heavy (non-hydrogen) atoms. The number of thiophene rings is 1. The van der Waals surface area contributed by atoms with Crippen molar-refractivity contribution >= 4 is 50.0 Å². The van der Waals surface area contributed by atoms with Crippen molar-refractivity contribution in [3.8, 4) is 0 Å². The van der Waals surface area contributed by atoms with Crippen LogP contribution in [0.3, 0.4) is 0 Å². The monoisotopic (exact) mass is 294 g/mol.